The average molecular weight is 349 g/mol. The lowest BCUT2D eigenvalue weighted by Crippen LogP contribution is -2.33. The van der Waals surface area contributed by atoms with E-state index in [0.717, 1.165) is 0 Å². The molecule has 132 valence electrons. The molecule has 0 fully saturated rings. The van der Waals surface area contributed by atoms with E-state index >= 15 is 0 Å². The third-order valence-electron chi connectivity index (χ3n) is 4.60. The number of benzene rings is 1. The van der Waals surface area contributed by atoms with Crippen LogP contribution in [0.1, 0.15) is 38.2 Å². The first-order chi connectivity index (χ1) is 12.4. The highest BCUT2D eigenvalue weighted by Gasteiger charge is 2.43. The van der Waals surface area contributed by atoms with E-state index in [1.54, 1.807) is 24.3 Å². The molecule has 0 radical (unpaired) electrons. The zero-order valence-corrected chi connectivity index (χ0v) is 14.7. The number of nitrogens with zero attached hydrogens (tertiary/aromatic N) is 2. The SMILES string of the molecule is CC1(C)CC(=O)C2=C(C1)OC(N)=C(C#N)[C@@H]2c1ccccc1OCC#N. The van der Waals surface area contributed by atoms with Gasteiger partial charge in [-0.3, -0.25) is 4.79 Å². The summed E-state index contributed by atoms with van der Waals surface area (Å²) < 4.78 is 11.2. The Kier molecular flexibility index (Phi) is 4.44. The maximum atomic E-state index is 12.9. The zero-order chi connectivity index (χ0) is 18.9. The predicted molar refractivity (Wildman–Crippen MR) is 93.3 cm³/mol. The Bertz CT molecular complexity index is 913. The van der Waals surface area contributed by atoms with E-state index < -0.39 is 5.92 Å². The molecule has 0 amide bonds. The van der Waals surface area contributed by atoms with Gasteiger partial charge in [-0.25, -0.2) is 0 Å². The molecule has 1 aliphatic carbocycles. The Hall–Kier alpha value is -3.25. The lowest BCUT2D eigenvalue weighted by molar-refractivity contribution is -0.119. The largest absolute Gasteiger partial charge is 0.478 e. The van der Waals surface area contributed by atoms with Gasteiger partial charge >= 0.3 is 0 Å². The summed E-state index contributed by atoms with van der Waals surface area (Å²) in [6, 6.07) is 11.1. The van der Waals surface area contributed by atoms with E-state index in [1.807, 2.05) is 19.9 Å². The molecule has 3 rings (SSSR count). The quantitative estimate of drug-likeness (QED) is 0.898. The summed E-state index contributed by atoms with van der Waals surface area (Å²) in [6.07, 6.45) is 0.927. The Morgan fingerprint density at radius 3 is 2.73 bits per heavy atom. The van der Waals surface area contributed by atoms with Crippen LogP contribution >= 0.6 is 0 Å². The van der Waals surface area contributed by atoms with Gasteiger partial charge in [-0.05, 0) is 11.5 Å². The van der Waals surface area contributed by atoms with Crippen LogP contribution in [0.4, 0.5) is 0 Å². The lowest BCUT2D eigenvalue weighted by Gasteiger charge is -2.37. The maximum Gasteiger partial charge on any atom is 0.205 e. The van der Waals surface area contributed by atoms with Gasteiger partial charge in [0, 0.05) is 24.0 Å². The van der Waals surface area contributed by atoms with Crippen molar-refractivity contribution in [1.82, 2.24) is 0 Å². The molecule has 1 aliphatic heterocycles. The number of Topliss-reactive ketones (excluding diaryl/α,β-unsaturated/α-hetero) is 1. The number of para-hydroxylation sites is 1. The standard InChI is InChI=1S/C20H19N3O3/c1-20(2)9-14(24)18-16(10-20)26-19(23)13(11-22)17(18)12-5-3-4-6-15(12)25-8-7-21/h3-6,17H,8-10,23H2,1-2H3/t17-/m0/s1. The number of rotatable bonds is 3. The van der Waals surface area contributed by atoms with Gasteiger partial charge < -0.3 is 15.2 Å². The highest BCUT2D eigenvalue weighted by Crippen LogP contribution is 2.49. The molecule has 0 aromatic heterocycles. The second kappa shape index (κ2) is 6.57. The van der Waals surface area contributed by atoms with Crippen molar-refractivity contribution in [2.75, 3.05) is 6.61 Å². The molecule has 2 aliphatic rings. The Morgan fingerprint density at radius 1 is 1.31 bits per heavy atom. The van der Waals surface area contributed by atoms with Crippen LogP contribution in [0, 0.1) is 28.1 Å². The molecule has 1 heterocycles. The van der Waals surface area contributed by atoms with E-state index in [1.165, 1.54) is 0 Å². The van der Waals surface area contributed by atoms with Gasteiger partial charge in [-0.15, -0.1) is 0 Å². The number of hydrogen-bond acceptors (Lipinski definition) is 6. The van der Waals surface area contributed by atoms with Crippen LogP contribution in [0.2, 0.25) is 0 Å². The highest BCUT2D eigenvalue weighted by molar-refractivity contribution is 6.00. The van der Waals surface area contributed by atoms with E-state index in [9.17, 15) is 10.1 Å². The predicted octanol–water partition coefficient (Wildman–Crippen LogP) is 3.04. The van der Waals surface area contributed by atoms with Crippen LogP contribution in [-0.2, 0) is 9.53 Å². The number of carbonyl (C=O) groups excluding carboxylic acids is 1. The van der Waals surface area contributed by atoms with Crippen molar-refractivity contribution in [2.24, 2.45) is 11.1 Å². The number of hydrogen-bond donors (Lipinski definition) is 1. The summed E-state index contributed by atoms with van der Waals surface area (Å²) in [7, 11) is 0. The van der Waals surface area contributed by atoms with Crippen molar-refractivity contribution in [2.45, 2.75) is 32.6 Å². The number of ether oxygens (including phenoxy) is 2. The fourth-order valence-corrected chi connectivity index (χ4v) is 3.56. The van der Waals surface area contributed by atoms with Crippen molar-refractivity contribution in [3.63, 3.8) is 0 Å². The number of allylic oxidation sites excluding steroid dienone is 3. The van der Waals surface area contributed by atoms with Crippen LogP contribution in [0.15, 0.2) is 47.1 Å². The van der Waals surface area contributed by atoms with E-state index in [2.05, 4.69) is 6.07 Å². The molecule has 0 bridgehead atoms. The molecule has 0 saturated carbocycles. The molecule has 26 heavy (non-hydrogen) atoms. The summed E-state index contributed by atoms with van der Waals surface area (Å²) >= 11 is 0. The molecule has 6 heteroatoms. The minimum atomic E-state index is -0.651. The number of nitriles is 2. The number of ketones is 1. The normalized spacial score (nSPS) is 21.4. The van der Waals surface area contributed by atoms with Crippen molar-refractivity contribution in [3.05, 3.63) is 52.6 Å². The van der Waals surface area contributed by atoms with Gasteiger partial charge in [0.05, 0.1) is 5.92 Å². The second-order valence-corrected chi connectivity index (χ2v) is 7.19. The van der Waals surface area contributed by atoms with Gasteiger partial charge in [-0.2, -0.15) is 10.5 Å². The topological polar surface area (TPSA) is 109 Å². The van der Waals surface area contributed by atoms with E-state index in [4.69, 9.17) is 20.5 Å². The van der Waals surface area contributed by atoms with Crippen LogP contribution in [0.3, 0.4) is 0 Å². The first-order valence-electron chi connectivity index (χ1n) is 8.30. The molecule has 1 aromatic carbocycles. The van der Waals surface area contributed by atoms with Gasteiger partial charge in [0.15, 0.2) is 12.4 Å². The Morgan fingerprint density at radius 2 is 2.04 bits per heavy atom. The van der Waals surface area contributed by atoms with Crippen molar-refractivity contribution in [1.29, 1.82) is 10.5 Å². The summed E-state index contributed by atoms with van der Waals surface area (Å²) in [5, 5.41) is 18.5. The first-order valence-corrected chi connectivity index (χ1v) is 8.30. The monoisotopic (exact) mass is 349 g/mol. The summed E-state index contributed by atoms with van der Waals surface area (Å²) in [5.41, 5.74) is 7.05. The maximum absolute atomic E-state index is 12.9. The zero-order valence-electron chi connectivity index (χ0n) is 14.7. The van der Waals surface area contributed by atoms with E-state index in [-0.39, 0.29) is 29.3 Å². The third-order valence-corrected chi connectivity index (χ3v) is 4.60. The lowest BCUT2D eigenvalue weighted by atomic mass is 9.70. The van der Waals surface area contributed by atoms with E-state index in [0.29, 0.717) is 35.5 Å². The molecule has 6 nitrogen and oxygen atoms in total. The number of carbonyl (C=O) groups is 1. The molecule has 0 unspecified atom stereocenters. The van der Waals surface area contributed by atoms with Gasteiger partial charge in [0.1, 0.15) is 29.2 Å². The average Bonchev–Trinajstić information content (AvgIpc) is 2.58. The molecule has 1 atom stereocenters. The fraction of sp³-hybridized carbons (Fsp3) is 0.350. The summed E-state index contributed by atoms with van der Waals surface area (Å²) in [6.45, 7) is 3.86. The minimum Gasteiger partial charge on any atom is -0.478 e. The van der Waals surface area contributed by atoms with Crippen LogP contribution in [0.5, 0.6) is 5.75 Å². The van der Waals surface area contributed by atoms with Gasteiger partial charge in [0.25, 0.3) is 0 Å². The second-order valence-electron chi connectivity index (χ2n) is 7.19. The highest BCUT2D eigenvalue weighted by atomic mass is 16.5. The smallest absolute Gasteiger partial charge is 0.205 e. The minimum absolute atomic E-state index is 0.0110. The Labute approximate surface area is 152 Å². The molecule has 0 spiro atoms. The fourth-order valence-electron chi connectivity index (χ4n) is 3.56. The van der Waals surface area contributed by atoms with Gasteiger partial charge in [0.2, 0.25) is 5.88 Å². The third kappa shape index (κ3) is 3.02. The summed E-state index contributed by atoms with van der Waals surface area (Å²) in [4.78, 5) is 12.9. The van der Waals surface area contributed by atoms with Crippen LogP contribution in [0.25, 0.3) is 0 Å². The molecule has 0 saturated heterocycles. The van der Waals surface area contributed by atoms with Gasteiger partial charge in [-0.1, -0.05) is 32.0 Å². The first kappa shape index (κ1) is 17.6. The van der Waals surface area contributed by atoms with Crippen molar-refractivity contribution < 1.29 is 14.3 Å². The number of nitrogens with two attached hydrogens (primary N) is 1. The molecular weight excluding hydrogens is 330 g/mol. The summed E-state index contributed by atoms with van der Waals surface area (Å²) in [5.74, 6) is 0.268. The van der Waals surface area contributed by atoms with Crippen molar-refractivity contribution in [3.8, 4) is 17.9 Å². The van der Waals surface area contributed by atoms with Crippen LogP contribution in [-0.4, -0.2) is 12.4 Å². The molecule has 2 N–H and O–H groups in total. The van der Waals surface area contributed by atoms with Crippen molar-refractivity contribution >= 4 is 5.78 Å². The van der Waals surface area contributed by atoms with Crippen LogP contribution < -0.4 is 10.5 Å². The molecular formula is C20H19N3O3. The Balaban J connectivity index is 2.18. The molecule has 1 aromatic rings.